The van der Waals surface area contributed by atoms with E-state index >= 15 is 0 Å². The molecule has 0 aromatic carbocycles. The minimum atomic E-state index is -3.59. The van der Waals surface area contributed by atoms with Gasteiger partial charge in [-0.2, -0.15) is 20.2 Å². The Kier molecular flexibility index (Phi) is 12.3. The van der Waals surface area contributed by atoms with E-state index in [2.05, 4.69) is 82.3 Å². The maximum absolute atomic E-state index is 13.6. The third kappa shape index (κ3) is 7.73. The Morgan fingerprint density at radius 2 is 1.68 bits per heavy atom. The molecule has 6 aliphatic carbocycles. The molecule has 4 saturated carbocycles. The van der Waals surface area contributed by atoms with Gasteiger partial charge < -0.3 is 15.0 Å². The first-order chi connectivity index (χ1) is 26.7. The minimum absolute atomic E-state index is 0.00600. The molecule has 57 heavy (non-hydrogen) atoms. The summed E-state index contributed by atoms with van der Waals surface area (Å²) in [6.45, 7) is 28.7. The standard InChI is InChI=1S/C48H78N2O5S2/c1-33(2)36-15-22-48(49-26-27-50-28-31-56-32-29-50)24-23-45(8)38(41(36)48)11-12-40-44(7)18-16-37(43(5,6)39(44)17-19-46(40,45)9)35-13-20-47(21-14-35,42(51)55-34(3)4)25-30-54-57(10,52)53/h13,16,34,36,38-41,49H,1,11-12,14-15,17-32H2,2-10H3/t36-,38+,39-,40+,41+,44-,45+,46+,47?,48-/m0/s1. The van der Waals surface area contributed by atoms with Gasteiger partial charge in [-0.3, -0.25) is 8.98 Å². The quantitative estimate of drug-likeness (QED) is 0.118. The van der Waals surface area contributed by atoms with Crippen molar-refractivity contribution in [1.29, 1.82) is 0 Å². The van der Waals surface area contributed by atoms with Crippen LogP contribution in [0.4, 0.5) is 0 Å². The van der Waals surface area contributed by atoms with Gasteiger partial charge in [-0.1, -0.05) is 58.9 Å². The first kappa shape index (κ1) is 43.9. The zero-order chi connectivity index (χ0) is 41.2. The zero-order valence-electron chi connectivity index (χ0n) is 37.3. The summed E-state index contributed by atoms with van der Waals surface area (Å²) in [5, 5.41) is 4.34. The predicted octanol–water partition coefficient (Wildman–Crippen LogP) is 9.99. The van der Waals surface area contributed by atoms with Gasteiger partial charge in [0.25, 0.3) is 10.1 Å². The molecule has 9 heteroatoms. The van der Waals surface area contributed by atoms with Gasteiger partial charge in [-0.15, -0.1) is 0 Å². The molecular weight excluding hydrogens is 749 g/mol. The highest BCUT2D eigenvalue weighted by molar-refractivity contribution is 7.99. The van der Waals surface area contributed by atoms with E-state index in [1.54, 1.807) is 0 Å². The fourth-order valence-electron chi connectivity index (χ4n) is 15.3. The van der Waals surface area contributed by atoms with Gasteiger partial charge in [0.05, 0.1) is 24.4 Å². The average molecular weight is 827 g/mol. The van der Waals surface area contributed by atoms with Gasteiger partial charge in [0, 0.05) is 43.2 Å². The van der Waals surface area contributed by atoms with Gasteiger partial charge in [0.1, 0.15) is 0 Å². The summed E-state index contributed by atoms with van der Waals surface area (Å²) in [5.74, 6) is 5.66. The average Bonchev–Trinajstić information content (AvgIpc) is 3.52. The highest BCUT2D eigenvalue weighted by atomic mass is 32.2. The van der Waals surface area contributed by atoms with E-state index in [1.165, 1.54) is 99.2 Å². The Morgan fingerprint density at radius 1 is 0.947 bits per heavy atom. The molecule has 322 valence electrons. The Hall–Kier alpha value is -1.13. The van der Waals surface area contributed by atoms with E-state index in [0.717, 1.165) is 31.6 Å². The van der Waals surface area contributed by atoms with Crippen LogP contribution in [0.25, 0.3) is 0 Å². The lowest BCUT2D eigenvalue weighted by atomic mass is 9.33. The molecule has 5 fully saturated rings. The first-order valence-corrected chi connectivity index (χ1v) is 25.8. The molecule has 7 nitrogen and oxygen atoms in total. The van der Waals surface area contributed by atoms with Crippen LogP contribution in [0.1, 0.15) is 139 Å². The molecule has 1 unspecified atom stereocenters. The fraction of sp³-hybridized carbons (Fsp3) is 0.854. The summed E-state index contributed by atoms with van der Waals surface area (Å²) in [7, 11) is -3.59. The number of hydrogen-bond acceptors (Lipinski definition) is 8. The van der Waals surface area contributed by atoms with Crippen LogP contribution < -0.4 is 5.32 Å². The van der Waals surface area contributed by atoms with E-state index in [-0.39, 0.29) is 35.0 Å². The molecular formula is C48H78N2O5S2. The molecule has 0 radical (unpaired) electrons. The third-order valence-electron chi connectivity index (χ3n) is 18.3. The van der Waals surface area contributed by atoms with E-state index in [0.29, 0.717) is 53.8 Å². The second-order valence-electron chi connectivity index (χ2n) is 21.7. The Morgan fingerprint density at radius 3 is 2.33 bits per heavy atom. The van der Waals surface area contributed by atoms with Gasteiger partial charge in [-0.05, 0) is 167 Å². The molecule has 0 aromatic rings. The van der Waals surface area contributed by atoms with Crippen molar-refractivity contribution in [3.63, 3.8) is 0 Å². The molecule has 1 aliphatic heterocycles. The number of esters is 1. The molecule has 1 N–H and O–H groups in total. The summed E-state index contributed by atoms with van der Waals surface area (Å²) in [5.41, 5.74) is 4.64. The number of carbonyl (C=O) groups excluding carboxylic acids is 1. The van der Waals surface area contributed by atoms with Crippen molar-refractivity contribution in [2.24, 2.45) is 56.7 Å². The van der Waals surface area contributed by atoms with Crippen LogP contribution in [-0.4, -0.2) is 81.5 Å². The number of thioether (sulfide) groups is 1. The summed E-state index contributed by atoms with van der Waals surface area (Å²) in [6.07, 6.45) is 19.7. The van der Waals surface area contributed by atoms with Crippen molar-refractivity contribution in [3.8, 4) is 0 Å². The van der Waals surface area contributed by atoms with Crippen molar-refractivity contribution in [1.82, 2.24) is 10.2 Å². The van der Waals surface area contributed by atoms with Crippen LogP contribution in [0.3, 0.4) is 0 Å². The monoisotopic (exact) mass is 827 g/mol. The van der Waals surface area contributed by atoms with Crippen molar-refractivity contribution in [2.75, 3.05) is 50.5 Å². The van der Waals surface area contributed by atoms with Gasteiger partial charge in [-0.25, -0.2) is 0 Å². The Bertz CT molecular complexity index is 1720. The van der Waals surface area contributed by atoms with Crippen molar-refractivity contribution >= 4 is 27.8 Å². The maximum Gasteiger partial charge on any atom is 0.312 e. The lowest BCUT2D eigenvalue weighted by molar-refractivity contribution is -0.221. The number of ether oxygens (including phenoxy) is 1. The molecule has 1 heterocycles. The normalized spacial score (nSPS) is 41.9. The number of hydrogen-bond donors (Lipinski definition) is 1. The lowest BCUT2D eigenvalue weighted by Gasteiger charge is -2.72. The molecule has 0 aromatic heterocycles. The van der Waals surface area contributed by atoms with Crippen molar-refractivity contribution in [3.05, 3.63) is 35.5 Å². The van der Waals surface area contributed by atoms with Crippen molar-refractivity contribution in [2.45, 2.75) is 151 Å². The van der Waals surface area contributed by atoms with E-state index in [1.807, 2.05) is 13.8 Å². The second-order valence-corrected chi connectivity index (χ2v) is 24.6. The molecule has 7 aliphatic rings. The highest BCUT2D eigenvalue weighted by Gasteiger charge is 2.70. The number of nitrogens with one attached hydrogen (secondary N) is 1. The molecule has 10 atom stereocenters. The highest BCUT2D eigenvalue weighted by Crippen LogP contribution is 2.76. The van der Waals surface area contributed by atoms with E-state index in [9.17, 15) is 13.2 Å². The lowest BCUT2D eigenvalue weighted by Crippen LogP contribution is -2.68. The third-order valence-corrected chi connectivity index (χ3v) is 19.8. The van der Waals surface area contributed by atoms with Crippen LogP contribution in [0.5, 0.6) is 0 Å². The fourth-order valence-corrected chi connectivity index (χ4v) is 16.6. The number of fused-ring (bicyclic) bond motifs is 7. The summed E-state index contributed by atoms with van der Waals surface area (Å²) < 4.78 is 34.5. The van der Waals surface area contributed by atoms with Gasteiger partial charge in [0.2, 0.25) is 0 Å². The molecule has 0 amide bonds. The van der Waals surface area contributed by atoms with Crippen LogP contribution in [0, 0.1) is 56.7 Å². The zero-order valence-corrected chi connectivity index (χ0v) is 38.9. The van der Waals surface area contributed by atoms with Crippen LogP contribution >= 0.6 is 11.8 Å². The molecule has 7 rings (SSSR count). The predicted molar refractivity (Wildman–Crippen MR) is 236 cm³/mol. The van der Waals surface area contributed by atoms with Crippen molar-refractivity contribution < 1.29 is 22.1 Å². The maximum atomic E-state index is 13.6. The Balaban J connectivity index is 1.12. The SMILES string of the molecule is C=C(C)[C@@H]1CC[C@]2(NCCN3CCSCC3)CC[C@]3(C)[C@H](CC[C@@H]4[C@@]5(C)CC=C(C6=CCC(CCOS(C)(=O)=O)(C(=O)OC(C)C)CC6)C(C)(C)[C@@H]5CC[C@]43C)[C@@H]12. The summed E-state index contributed by atoms with van der Waals surface area (Å²) in [4.78, 5) is 16.3. The van der Waals surface area contributed by atoms with Gasteiger partial charge >= 0.3 is 5.97 Å². The van der Waals surface area contributed by atoms with E-state index < -0.39 is 15.5 Å². The summed E-state index contributed by atoms with van der Waals surface area (Å²) >= 11 is 2.11. The number of carbonyl (C=O) groups is 1. The largest absolute Gasteiger partial charge is 0.463 e. The van der Waals surface area contributed by atoms with E-state index in [4.69, 9.17) is 8.92 Å². The second kappa shape index (κ2) is 16.0. The number of nitrogens with zero attached hydrogens (tertiary/aromatic N) is 1. The molecule has 0 bridgehead atoms. The first-order valence-electron chi connectivity index (χ1n) is 22.9. The van der Waals surface area contributed by atoms with Crippen LogP contribution in [0.15, 0.2) is 35.5 Å². The topological polar surface area (TPSA) is 84.9 Å². The number of rotatable bonds is 12. The Labute approximate surface area is 351 Å². The summed E-state index contributed by atoms with van der Waals surface area (Å²) in [6, 6.07) is 0. The van der Waals surface area contributed by atoms with Gasteiger partial charge in [0.15, 0.2) is 0 Å². The van der Waals surface area contributed by atoms with Crippen LogP contribution in [-0.2, 0) is 23.8 Å². The molecule has 0 spiro atoms. The number of allylic oxidation sites excluding steroid dienone is 5. The molecule has 1 saturated heterocycles. The van der Waals surface area contributed by atoms with Crippen LogP contribution in [0.2, 0.25) is 0 Å². The smallest absolute Gasteiger partial charge is 0.312 e. The minimum Gasteiger partial charge on any atom is -0.463 e.